The van der Waals surface area contributed by atoms with Crippen molar-refractivity contribution < 1.29 is 26.3 Å². The Labute approximate surface area is 158 Å². The smallest absolute Gasteiger partial charge is 0.272 e. The summed E-state index contributed by atoms with van der Waals surface area (Å²) in [5.41, 5.74) is -3.45. The van der Waals surface area contributed by atoms with Gasteiger partial charge in [0.2, 0.25) is 0 Å². The summed E-state index contributed by atoms with van der Waals surface area (Å²) in [5, 5.41) is 3.76. The van der Waals surface area contributed by atoms with Gasteiger partial charge < -0.3 is 0 Å². The van der Waals surface area contributed by atoms with Gasteiger partial charge in [0.15, 0.2) is 5.69 Å². The molecule has 3 heterocycles. The van der Waals surface area contributed by atoms with Gasteiger partial charge >= 0.3 is 12.4 Å². The lowest BCUT2D eigenvalue weighted by atomic mass is 10.1. The first-order valence-electron chi connectivity index (χ1n) is 7.76. The Kier molecular flexibility index (Phi) is 4.90. The largest absolute Gasteiger partial charge is 0.434 e. The van der Waals surface area contributed by atoms with Crippen LogP contribution in [0.5, 0.6) is 0 Å². The molecule has 0 amide bonds. The first-order valence-corrected chi connectivity index (χ1v) is 8.14. The van der Waals surface area contributed by atoms with Crippen molar-refractivity contribution >= 4 is 17.2 Å². The van der Waals surface area contributed by atoms with Gasteiger partial charge in [0.25, 0.3) is 5.56 Å². The third-order valence-electron chi connectivity index (χ3n) is 3.92. The highest BCUT2D eigenvalue weighted by atomic mass is 35.5. The molecule has 0 spiro atoms. The van der Waals surface area contributed by atoms with Crippen LogP contribution in [0.1, 0.15) is 17.7 Å². The van der Waals surface area contributed by atoms with Crippen LogP contribution in [0, 0.1) is 6.92 Å². The van der Waals surface area contributed by atoms with Crippen LogP contribution in [0.2, 0.25) is 5.02 Å². The number of rotatable bonds is 3. The number of aromatic nitrogens is 4. The highest BCUT2D eigenvalue weighted by molar-refractivity contribution is 6.31. The molecule has 5 nitrogen and oxygen atoms in total. The fraction of sp³-hybridized carbons (Fsp3) is 0.312. The molecule has 0 unspecified atom stereocenters. The quantitative estimate of drug-likeness (QED) is 0.582. The maximum Gasteiger partial charge on any atom is 0.434 e. The second-order valence-corrected chi connectivity index (χ2v) is 6.44. The minimum Gasteiger partial charge on any atom is -0.272 e. The van der Waals surface area contributed by atoms with Crippen molar-refractivity contribution in [2.24, 2.45) is 0 Å². The maximum absolute atomic E-state index is 13.5. The molecule has 0 atom stereocenters. The van der Waals surface area contributed by atoms with E-state index in [1.807, 2.05) is 0 Å². The van der Waals surface area contributed by atoms with Crippen molar-refractivity contribution in [3.63, 3.8) is 0 Å². The number of fused-ring (bicyclic) bond motifs is 1. The Morgan fingerprint density at radius 3 is 2.43 bits per heavy atom. The van der Waals surface area contributed by atoms with E-state index in [-0.39, 0.29) is 16.2 Å². The van der Waals surface area contributed by atoms with Gasteiger partial charge in [-0.25, -0.2) is 4.98 Å². The second-order valence-electron chi connectivity index (χ2n) is 6.03. The molecule has 0 saturated heterocycles. The van der Waals surface area contributed by atoms with Crippen LogP contribution in [-0.2, 0) is 12.7 Å². The molecule has 28 heavy (non-hydrogen) atoms. The van der Waals surface area contributed by atoms with E-state index < -0.39 is 42.1 Å². The van der Waals surface area contributed by atoms with Crippen LogP contribution in [0.3, 0.4) is 0 Å². The molecule has 0 aliphatic rings. The summed E-state index contributed by atoms with van der Waals surface area (Å²) in [6.07, 6.45) is -7.66. The molecule has 0 aliphatic carbocycles. The Bertz CT molecular complexity index is 1100. The van der Waals surface area contributed by atoms with E-state index in [0.717, 1.165) is 27.7 Å². The van der Waals surface area contributed by atoms with E-state index in [2.05, 4.69) is 10.1 Å². The lowest BCUT2D eigenvalue weighted by molar-refractivity contribution is -0.140. The predicted molar refractivity (Wildman–Crippen MR) is 88.1 cm³/mol. The fourth-order valence-corrected chi connectivity index (χ4v) is 2.73. The van der Waals surface area contributed by atoms with Crippen molar-refractivity contribution in [2.45, 2.75) is 32.2 Å². The van der Waals surface area contributed by atoms with Crippen LogP contribution in [0.4, 0.5) is 26.3 Å². The van der Waals surface area contributed by atoms with Crippen molar-refractivity contribution in [1.29, 1.82) is 0 Å². The van der Waals surface area contributed by atoms with E-state index in [0.29, 0.717) is 5.56 Å². The van der Waals surface area contributed by atoms with Crippen molar-refractivity contribution in [1.82, 2.24) is 19.2 Å². The summed E-state index contributed by atoms with van der Waals surface area (Å²) in [5.74, 6) is 0. The molecule has 0 radical (unpaired) electrons. The SMILES string of the molecule is Cc1cc2nc(C(F)(F)F)c(-c3cnn(CCC(F)(F)F)c3)c(=O)n2cc1Cl. The summed E-state index contributed by atoms with van der Waals surface area (Å²) in [6, 6.07) is 1.23. The Hall–Kier alpha value is -2.56. The van der Waals surface area contributed by atoms with Gasteiger partial charge in [-0.15, -0.1) is 0 Å². The molecule has 0 aliphatic heterocycles. The highest BCUT2D eigenvalue weighted by Crippen LogP contribution is 2.34. The topological polar surface area (TPSA) is 52.2 Å². The van der Waals surface area contributed by atoms with Gasteiger partial charge in [0, 0.05) is 24.5 Å². The molecule has 0 N–H and O–H groups in total. The molecule has 3 aromatic heterocycles. The molecule has 3 aromatic rings. The lowest BCUT2D eigenvalue weighted by Crippen LogP contribution is -2.24. The van der Waals surface area contributed by atoms with Gasteiger partial charge in [-0.2, -0.15) is 31.4 Å². The normalized spacial score (nSPS) is 12.7. The predicted octanol–water partition coefficient (Wildman–Crippen LogP) is 4.49. The number of halogens is 7. The summed E-state index contributed by atoms with van der Waals surface area (Å²) in [7, 11) is 0. The molecule has 0 bridgehead atoms. The number of pyridine rings is 1. The highest BCUT2D eigenvalue weighted by Gasteiger charge is 2.38. The van der Waals surface area contributed by atoms with Gasteiger partial charge in [-0.1, -0.05) is 11.6 Å². The van der Waals surface area contributed by atoms with Crippen LogP contribution in [-0.4, -0.2) is 25.3 Å². The van der Waals surface area contributed by atoms with Crippen LogP contribution >= 0.6 is 11.6 Å². The summed E-state index contributed by atoms with van der Waals surface area (Å²) in [6.45, 7) is 0.943. The van der Waals surface area contributed by atoms with E-state index in [1.165, 1.54) is 6.07 Å². The molecule has 0 saturated carbocycles. The first kappa shape index (κ1) is 20.2. The standard InChI is InChI=1S/C16H11ClF6N4O/c1-8-4-11-25-13(16(21,22)23)12(14(28)27(11)7-10(8)17)9-5-24-26(6-9)3-2-15(18,19)20/h4-7H,2-3H2,1H3. The van der Waals surface area contributed by atoms with E-state index in [1.54, 1.807) is 6.92 Å². The Morgan fingerprint density at radius 2 is 1.82 bits per heavy atom. The zero-order valence-electron chi connectivity index (χ0n) is 14.1. The summed E-state index contributed by atoms with van der Waals surface area (Å²) < 4.78 is 79.2. The van der Waals surface area contributed by atoms with Crippen molar-refractivity contribution in [2.75, 3.05) is 0 Å². The van der Waals surface area contributed by atoms with Gasteiger partial charge in [-0.05, 0) is 18.6 Å². The first-order chi connectivity index (χ1) is 12.9. The van der Waals surface area contributed by atoms with Gasteiger partial charge in [-0.3, -0.25) is 13.9 Å². The molecular weight excluding hydrogens is 414 g/mol. The average Bonchev–Trinajstić information content (AvgIpc) is 3.02. The van der Waals surface area contributed by atoms with Crippen LogP contribution < -0.4 is 5.56 Å². The summed E-state index contributed by atoms with van der Waals surface area (Å²) >= 11 is 5.94. The second kappa shape index (κ2) is 6.80. The minimum absolute atomic E-state index is 0.142. The molecular formula is C16H11ClF6N4O. The number of hydrogen-bond acceptors (Lipinski definition) is 3. The molecule has 3 rings (SSSR count). The van der Waals surface area contributed by atoms with E-state index in [4.69, 9.17) is 11.6 Å². The van der Waals surface area contributed by atoms with E-state index in [9.17, 15) is 31.1 Å². The monoisotopic (exact) mass is 424 g/mol. The third-order valence-corrected chi connectivity index (χ3v) is 4.32. The van der Waals surface area contributed by atoms with Crippen LogP contribution in [0.25, 0.3) is 16.8 Å². The lowest BCUT2D eigenvalue weighted by Gasteiger charge is -2.13. The molecule has 0 aromatic carbocycles. The van der Waals surface area contributed by atoms with Crippen molar-refractivity contribution in [3.8, 4) is 11.1 Å². The van der Waals surface area contributed by atoms with Gasteiger partial charge in [0.05, 0.1) is 23.2 Å². The van der Waals surface area contributed by atoms with Crippen LogP contribution in [0.15, 0.2) is 29.5 Å². The number of alkyl halides is 6. The minimum atomic E-state index is -4.97. The third kappa shape index (κ3) is 3.98. The Balaban J connectivity index is 2.19. The maximum atomic E-state index is 13.5. The van der Waals surface area contributed by atoms with E-state index >= 15 is 0 Å². The fourth-order valence-electron chi connectivity index (χ4n) is 2.58. The van der Waals surface area contributed by atoms with Crippen molar-refractivity contribution in [3.05, 3.63) is 51.3 Å². The number of nitrogens with zero attached hydrogens (tertiary/aromatic N) is 4. The molecule has 0 fully saturated rings. The summed E-state index contributed by atoms with van der Waals surface area (Å²) in [4.78, 5) is 16.3. The van der Waals surface area contributed by atoms with Gasteiger partial charge in [0.1, 0.15) is 5.65 Å². The Morgan fingerprint density at radius 1 is 1.14 bits per heavy atom. The number of hydrogen-bond donors (Lipinski definition) is 0. The zero-order chi connectivity index (χ0) is 20.9. The average molecular weight is 425 g/mol. The number of aryl methyl sites for hydroxylation is 2. The molecule has 150 valence electrons. The molecule has 12 heteroatoms. The zero-order valence-corrected chi connectivity index (χ0v) is 14.8.